The minimum atomic E-state index is -0.0382. The smallest absolute Gasteiger partial charge is 0.251 e. The molecule has 0 aliphatic heterocycles. The lowest BCUT2D eigenvalue weighted by Gasteiger charge is -2.11. The zero-order valence-corrected chi connectivity index (χ0v) is 13.9. The highest BCUT2D eigenvalue weighted by atomic mass is 16.5. The van der Waals surface area contributed by atoms with E-state index in [9.17, 15) is 4.79 Å². The quantitative estimate of drug-likeness (QED) is 0.820. The molecule has 2 aromatic rings. The van der Waals surface area contributed by atoms with Crippen molar-refractivity contribution in [3.63, 3.8) is 0 Å². The normalized spacial score (nSPS) is 10.4. The van der Waals surface area contributed by atoms with E-state index in [4.69, 9.17) is 4.74 Å². The summed E-state index contributed by atoms with van der Waals surface area (Å²) in [4.78, 5) is 12.1. The lowest BCUT2D eigenvalue weighted by Crippen LogP contribution is -2.27. The van der Waals surface area contributed by atoms with Crippen LogP contribution < -0.4 is 15.4 Å². The van der Waals surface area contributed by atoms with Gasteiger partial charge in [-0.1, -0.05) is 32.0 Å². The van der Waals surface area contributed by atoms with Crippen LogP contribution in [0.2, 0.25) is 0 Å². The predicted molar refractivity (Wildman–Crippen MR) is 93.9 cm³/mol. The number of anilines is 1. The predicted octanol–water partition coefficient (Wildman–Crippen LogP) is 3.69. The average Bonchev–Trinajstić information content (AvgIpc) is 2.58. The Balaban J connectivity index is 1.98. The van der Waals surface area contributed by atoms with Gasteiger partial charge < -0.3 is 15.4 Å². The fourth-order valence-corrected chi connectivity index (χ4v) is 2.16. The molecule has 2 aromatic carbocycles. The van der Waals surface area contributed by atoms with Gasteiger partial charge in [-0.15, -0.1) is 0 Å². The number of ether oxygens (including phenoxy) is 1. The Kier molecular flexibility index (Phi) is 6.03. The first-order chi connectivity index (χ1) is 11.1. The highest BCUT2D eigenvalue weighted by Gasteiger charge is 2.06. The van der Waals surface area contributed by atoms with Crippen molar-refractivity contribution in [3.8, 4) is 5.75 Å². The molecule has 2 rings (SSSR count). The van der Waals surface area contributed by atoms with Crippen molar-refractivity contribution < 1.29 is 9.53 Å². The number of methoxy groups -OCH3 is 1. The second kappa shape index (κ2) is 8.22. The fraction of sp³-hybridized carbons (Fsp3) is 0.316. The highest BCUT2D eigenvalue weighted by Crippen LogP contribution is 2.16. The molecule has 0 unspecified atom stereocenters. The summed E-state index contributed by atoms with van der Waals surface area (Å²) in [6.45, 7) is 5.51. The molecule has 0 spiro atoms. The molecule has 4 heteroatoms. The molecular formula is C19H24N2O2. The van der Waals surface area contributed by atoms with E-state index in [1.807, 2.05) is 48.5 Å². The lowest BCUT2D eigenvalue weighted by molar-refractivity contribution is 0.0949. The van der Waals surface area contributed by atoms with Gasteiger partial charge in [-0.05, 0) is 41.8 Å². The van der Waals surface area contributed by atoms with E-state index in [0.717, 1.165) is 17.0 Å². The molecule has 0 saturated carbocycles. The Morgan fingerprint density at radius 3 is 2.65 bits per heavy atom. The topological polar surface area (TPSA) is 50.4 Å². The van der Waals surface area contributed by atoms with Crippen LogP contribution in [0.5, 0.6) is 5.75 Å². The maximum absolute atomic E-state index is 12.1. The van der Waals surface area contributed by atoms with Crippen molar-refractivity contribution in [2.24, 2.45) is 5.92 Å². The zero-order valence-electron chi connectivity index (χ0n) is 13.9. The highest BCUT2D eigenvalue weighted by molar-refractivity contribution is 5.95. The van der Waals surface area contributed by atoms with Gasteiger partial charge in [0, 0.05) is 24.3 Å². The summed E-state index contributed by atoms with van der Waals surface area (Å²) < 4.78 is 5.22. The second-order valence-electron chi connectivity index (χ2n) is 5.89. The van der Waals surface area contributed by atoms with Gasteiger partial charge in [0.15, 0.2) is 0 Å². The van der Waals surface area contributed by atoms with Crippen LogP contribution in [0.3, 0.4) is 0 Å². The Labute approximate surface area is 137 Å². The van der Waals surface area contributed by atoms with Gasteiger partial charge in [-0.2, -0.15) is 0 Å². The number of carbonyl (C=O) groups is 1. The molecule has 0 fully saturated rings. The van der Waals surface area contributed by atoms with Crippen LogP contribution in [-0.2, 0) is 6.54 Å². The van der Waals surface area contributed by atoms with Gasteiger partial charge in [0.05, 0.1) is 7.11 Å². The van der Waals surface area contributed by atoms with Crippen molar-refractivity contribution in [2.45, 2.75) is 20.4 Å². The van der Waals surface area contributed by atoms with E-state index >= 15 is 0 Å². The number of rotatable bonds is 7. The molecule has 122 valence electrons. The number of amides is 1. The van der Waals surface area contributed by atoms with E-state index in [1.165, 1.54) is 0 Å². The monoisotopic (exact) mass is 312 g/mol. The summed E-state index contributed by atoms with van der Waals surface area (Å²) in [7, 11) is 1.66. The number of hydrogen-bond donors (Lipinski definition) is 2. The van der Waals surface area contributed by atoms with Crippen molar-refractivity contribution in [3.05, 3.63) is 59.7 Å². The summed E-state index contributed by atoms with van der Waals surface area (Å²) in [5.41, 5.74) is 2.71. The summed E-state index contributed by atoms with van der Waals surface area (Å²) in [6, 6.07) is 15.5. The number of nitrogens with one attached hydrogen (secondary N) is 2. The fourth-order valence-electron chi connectivity index (χ4n) is 2.16. The molecular weight excluding hydrogens is 288 g/mol. The molecule has 0 aromatic heterocycles. The molecule has 1 amide bonds. The van der Waals surface area contributed by atoms with Crippen LogP contribution in [0, 0.1) is 5.92 Å². The van der Waals surface area contributed by atoms with Crippen molar-refractivity contribution in [2.75, 3.05) is 19.0 Å². The number of benzene rings is 2. The largest absolute Gasteiger partial charge is 0.497 e. The molecule has 0 atom stereocenters. The molecule has 0 aliphatic rings. The van der Waals surface area contributed by atoms with Crippen molar-refractivity contribution in [1.29, 1.82) is 0 Å². The third kappa shape index (κ3) is 5.33. The minimum Gasteiger partial charge on any atom is -0.497 e. The van der Waals surface area contributed by atoms with Crippen LogP contribution >= 0.6 is 0 Å². The van der Waals surface area contributed by atoms with E-state index in [2.05, 4.69) is 24.5 Å². The SMILES string of the molecule is COc1cccc(CNc2cccc(C(=O)NCC(C)C)c2)c1. The first kappa shape index (κ1) is 16.9. The molecule has 0 radical (unpaired) electrons. The van der Waals surface area contributed by atoms with E-state index in [1.54, 1.807) is 7.11 Å². The Morgan fingerprint density at radius 2 is 1.91 bits per heavy atom. The van der Waals surface area contributed by atoms with Crippen molar-refractivity contribution >= 4 is 11.6 Å². The Bertz CT molecular complexity index is 653. The number of hydrogen-bond acceptors (Lipinski definition) is 3. The molecule has 4 nitrogen and oxygen atoms in total. The molecule has 2 N–H and O–H groups in total. The first-order valence-corrected chi connectivity index (χ1v) is 7.83. The van der Waals surface area contributed by atoms with Gasteiger partial charge in [0.2, 0.25) is 0 Å². The van der Waals surface area contributed by atoms with Crippen LogP contribution in [-0.4, -0.2) is 19.6 Å². The minimum absolute atomic E-state index is 0.0382. The van der Waals surface area contributed by atoms with Crippen LogP contribution in [0.25, 0.3) is 0 Å². The summed E-state index contributed by atoms with van der Waals surface area (Å²) in [5, 5.41) is 6.27. The van der Waals surface area contributed by atoms with Crippen molar-refractivity contribution in [1.82, 2.24) is 5.32 Å². The van der Waals surface area contributed by atoms with Gasteiger partial charge >= 0.3 is 0 Å². The molecule has 0 saturated heterocycles. The summed E-state index contributed by atoms with van der Waals surface area (Å²) >= 11 is 0. The first-order valence-electron chi connectivity index (χ1n) is 7.83. The Morgan fingerprint density at radius 1 is 1.13 bits per heavy atom. The Hall–Kier alpha value is -2.49. The van der Waals surface area contributed by atoms with Gasteiger partial charge in [0.1, 0.15) is 5.75 Å². The van der Waals surface area contributed by atoms with Crippen LogP contribution in [0.4, 0.5) is 5.69 Å². The average molecular weight is 312 g/mol. The maximum Gasteiger partial charge on any atom is 0.251 e. The van der Waals surface area contributed by atoms with Crippen LogP contribution in [0.1, 0.15) is 29.8 Å². The van der Waals surface area contributed by atoms with Gasteiger partial charge in [-0.3, -0.25) is 4.79 Å². The standard InChI is InChI=1S/C19H24N2O2/c1-14(2)12-21-19(22)16-7-5-8-17(11-16)20-13-15-6-4-9-18(10-15)23-3/h4-11,14,20H,12-13H2,1-3H3,(H,21,22). The van der Waals surface area contributed by atoms with E-state index in [0.29, 0.717) is 24.6 Å². The third-order valence-electron chi connectivity index (χ3n) is 3.43. The summed E-state index contributed by atoms with van der Waals surface area (Å²) in [5.74, 6) is 1.24. The third-order valence-corrected chi connectivity index (χ3v) is 3.43. The summed E-state index contributed by atoms with van der Waals surface area (Å²) in [6.07, 6.45) is 0. The number of carbonyl (C=O) groups excluding carboxylic acids is 1. The molecule has 23 heavy (non-hydrogen) atoms. The molecule has 0 heterocycles. The lowest BCUT2D eigenvalue weighted by atomic mass is 10.1. The maximum atomic E-state index is 12.1. The molecule has 0 bridgehead atoms. The molecule has 0 aliphatic carbocycles. The second-order valence-corrected chi connectivity index (χ2v) is 5.89. The zero-order chi connectivity index (χ0) is 16.7. The van der Waals surface area contributed by atoms with Gasteiger partial charge in [-0.25, -0.2) is 0 Å². The van der Waals surface area contributed by atoms with E-state index < -0.39 is 0 Å². The van der Waals surface area contributed by atoms with Crippen LogP contribution in [0.15, 0.2) is 48.5 Å². The van der Waals surface area contributed by atoms with E-state index in [-0.39, 0.29) is 5.91 Å². The van der Waals surface area contributed by atoms with Gasteiger partial charge in [0.25, 0.3) is 5.91 Å².